The van der Waals surface area contributed by atoms with Crippen molar-refractivity contribution in [3.05, 3.63) is 59.9 Å². The molecule has 1 aliphatic heterocycles. The molecule has 0 saturated heterocycles. The topological polar surface area (TPSA) is 108 Å². The Labute approximate surface area is 152 Å². The summed E-state index contributed by atoms with van der Waals surface area (Å²) >= 11 is 0. The zero-order chi connectivity index (χ0) is 18.8. The predicted octanol–water partition coefficient (Wildman–Crippen LogP) is 3.03. The largest absolute Gasteiger partial charge is 0.398 e. The number of nitrogens with zero attached hydrogens (tertiary/aromatic N) is 3. The molecule has 0 bridgehead atoms. The number of rotatable bonds is 5. The van der Waals surface area contributed by atoms with Gasteiger partial charge in [0.1, 0.15) is 0 Å². The van der Waals surface area contributed by atoms with Gasteiger partial charge in [-0.15, -0.1) is 6.58 Å². The van der Waals surface area contributed by atoms with Crippen LogP contribution in [0.3, 0.4) is 0 Å². The summed E-state index contributed by atoms with van der Waals surface area (Å²) in [5.74, 6) is 0.164. The highest BCUT2D eigenvalue weighted by molar-refractivity contribution is 6.14. The van der Waals surface area contributed by atoms with Crippen molar-refractivity contribution in [3.63, 3.8) is 0 Å². The maximum Gasteiger partial charge on any atom is 0.322 e. The summed E-state index contributed by atoms with van der Waals surface area (Å²) < 4.78 is 0. The Kier molecular flexibility index (Phi) is 4.71. The van der Waals surface area contributed by atoms with Crippen molar-refractivity contribution in [1.82, 2.24) is 15.1 Å². The quantitative estimate of drug-likeness (QED) is 0.437. The summed E-state index contributed by atoms with van der Waals surface area (Å²) in [5, 5.41) is 18.9. The minimum atomic E-state index is -0.153. The number of nitrogen functional groups attached to an aromatic ring is 1. The second kappa shape index (κ2) is 6.95. The molecular formula is C19H22N6O. The molecule has 26 heavy (non-hydrogen) atoms. The summed E-state index contributed by atoms with van der Waals surface area (Å²) in [4.78, 5) is 14.2. The van der Waals surface area contributed by atoms with Crippen molar-refractivity contribution in [1.29, 1.82) is 5.41 Å². The fraction of sp³-hybridized carbons (Fsp3) is 0.263. The summed E-state index contributed by atoms with van der Waals surface area (Å²) in [6.07, 6.45) is 4.91. The van der Waals surface area contributed by atoms with Crippen LogP contribution in [0.4, 0.5) is 16.2 Å². The van der Waals surface area contributed by atoms with Crippen LogP contribution in [-0.2, 0) is 6.54 Å². The standard InChI is InChI=1S/C19H22N6O/c1-4-11(2)12(3)25-10-14-7-15(16(20)8-17(14)24-19(25)26)18(21)13-5-6-22-23-9-13/h4-9,11-12,21H,1,10,20H2,2-3H3,(H,24,26)/t11-,12+/m0/s1. The zero-order valence-corrected chi connectivity index (χ0v) is 14.9. The molecule has 1 aromatic carbocycles. The highest BCUT2D eigenvalue weighted by Crippen LogP contribution is 2.31. The predicted molar refractivity (Wildman–Crippen MR) is 102 cm³/mol. The van der Waals surface area contributed by atoms with Crippen molar-refractivity contribution >= 4 is 23.1 Å². The highest BCUT2D eigenvalue weighted by Gasteiger charge is 2.29. The van der Waals surface area contributed by atoms with Crippen molar-refractivity contribution in [2.24, 2.45) is 5.92 Å². The molecule has 1 aliphatic rings. The van der Waals surface area contributed by atoms with E-state index in [-0.39, 0.29) is 23.7 Å². The Balaban J connectivity index is 1.96. The number of hydrogen-bond donors (Lipinski definition) is 3. The van der Waals surface area contributed by atoms with Crippen molar-refractivity contribution < 1.29 is 4.79 Å². The van der Waals surface area contributed by atoms with Crippen LogP contribution in [-0.4, -0.2) is 32.9 Å². The van der Waals surface area contributed by atoms with Gasteiger partial charge >= 0.3 is 6.03 Å². The lowest BCUT2D eigenvalue weighted by Gasteiger charge is -2.36. The van der Waals surface area contributed by atoms with Gasteiger partial charge in [-0.1, -0.05) is 13.0 Å². The summed E-state index contributed by atoms with van der Waals surface area (Å²) in [5.41, 5.74) is 9.70. The number of hydrogen-bond acceptors (Lipinski definition) is 5. The second-order valence-electron chi connectivity index (χ2n) is 6.50. The van der Waals surface area contributed by atoms with Gasteiger partial charge in [-0.25, -0.2) is 4.79 Å². The van der Waals surface area contributed by atoms with E-state index in [4.69, 9.17) is 11.1 Å². The highest BCUT2D eigenvalue weighted by atomic mass is 16.2. The normalized spacial score (nSPS) is 15.6. The molecule has 0 spiro atoms. The van der Waals surface area contributed by atoms with E-state index in [1.54, 1.807) is 23.2 Å². The first-order valence-corrected chi connectivity index (χ1v) is 8.41. The molecule has 0 saturated carbocycles. The minimum absolute atomic E-state index is 0.00509. The monoisotopic (exact) mass is 350 g/mol. The number of nitrogens with two attached hydrogens (primary N) is 1. The van der Waals surface area contributed by atoms with E-state index in [0.717, 1.165) is 5.56 Å². The Morgan fingerprint density at radius 1 is 1.42 bits per heavy atom. The number of anilines is 2. The number of fused-ring (bicyclic) bond motifs is 1. The van der Waals surface area contributed by atoms with E-state index in [2.05, 4.69) is 22.1 Å². The summed E-state index contributed by atoms with van der Waals surface area (Å²) in [6, 6.07) is 5.15. The van der Waals surface area contributed by atoms with Crippen molar-refractivity contribution in [2.45, 2.75) is 26.4 Å². The molecule has 0 unspecified atom stereocenters. The Morgan fingerprint density at radius 2 is 2.19 bits per heavy atom. The van der Waals surface area contributed by atoms with E-state index in [1.165, 1.54) is 6.20 Å². The second-order valence-corrected chi connectivity index (χ2v) is 6.50. The van der Waals surface area contributed by atoms with Crippen LogP contribution in [0.15, 0.2) is 43.2 Å². The number of nitrogens with one attached hydrogen (secondary N) is 2. The fourth-order valence-electron chi connectivity index (χ4n) is 2.97. The molecule has 2 amide bonds. The average molecular weight is 350 g/mol. The number of amides is 2. The molecule has 4 N–H and O–H groups in total. The Hall–Kier alpha value is -3.22. The number of urea groups is 1. The molecule has 2 atom stereocenters. The third-order valence-electron chi connectivity index (χ3n) is 4.89. The molecule has 0 radical (unpaired) electrons. The van der Waals surface area contributed by atoms with Crippen LogP contribution in [0.1, 0.15) is 30.5 Å². The molecule has 134 valence electrons. The Morgan fingerprint density at radius 3 is 2.85 bits per heavy atom. The molecular weight excluding hydrogens is 328 g/mol. The van der Waals surface area contributed by atoms with Crippen LogP contribution < -0.4 is 11.1 Å². The average Bonchev–Trinajstić information content (AvgIpc) is 2.66. The lowest BCUT2D eigenvalue weighted by molar-refractivity contribution is 0.172. The van der Waals surface area contributed by atoms with E-state index in [1.807, 2.05) is 26.0 Å². The molecule has 2 heterocycles. The van der Waals surface area contributed by atoms with E-state index >= 15 is 0 Å². The first-order chi connectivity index (χ1) is 12.4. The van der Waals surface area contributed by atoms with Gasteiger partial charge in [0.2, 0.25) is 0 Å². The third kappa shape index (κ3) is 3.15. The molecule has 3 rings (SSSR count). The van der Waals surface area contributed by atoms with Gasteiger partial charge in [0, 0.05) is 35.1 Å². The molecule has 7 heteroatoms. The number of carbonyl (C=O) groups excluding carboxylic acids is 1. The van der Waals surface area contributed by atoms with Crippen LogP contribution in [0.5, 0.6) is 0 Å². The molecule has 7 nitrogen and oxygen atoms in total. The van der Waals surface area contributed by atoms with Gasteiger partial charge in [-0.2, -0.15) is 10.2 Å². The molecule has 2 aromatic rings. The maximum absolute atomic E-state index is 12.5. The van der Waals surface area contributed by atoms with Crippen LogP contribution in [0, 0.1) is 11.3 Å². The first kappa shape index (κ1) is 17.6. The van der Waals surface area contributed by atoms with Gasteiger partial charge in [0.15, 0.2) is 0 Å². The fourth-order valence-corrected chi connectivity index (χ4v) is 2.97. The van der Waals surface area contributed by atoms with E-state index < -0.39 is 0 Å². The van der Waals surface area contributed by atoms with Gasteiger partial charge in [-0.05, 0) is 36.6 Å². The van der Waals surface area contributed by atoms with Crippen LogP contribution >= 0.6 is 0 Å². The Bertz CT molecular complexity index is 864. The van der Waals surface area contributed by atoms with E-state index in [0.29, 0.717) is 29.0 Å². The maximum atomic E-state index is 12.5. The number of carbonyl (C=O) groups is 1. The number of aromatic nitrogens is 2. The first-order valence-electron chi connectivity index (χ1n) is 8.41. The zero-order valence-electron chi connectivity index (χ0n) is 14.9. The van der Waals surface area contributed by atoms with Crippen molar-refractivity contribution in [2.75, 3.05) is 11.1 Å². The van der Waals surface area contributed by atoms with Crippen LogP contribution in [0.25, 0.3) is 0 Å². The van der Waals surface area contributed by atoms with Gasteiger partial charge < -0.3 is 16.0 Å². The van der Waals surface area contributed by atoms with Gasteiger partial charge in [-0.3, -0.25) is 5.41 Å². The SMILES string of the molecule is C=C[C@H](C)[C@@H](C)N1Cc2cc(C(=N)c3ccnnc3)c(N)cc2NC1=O. The summed E-state index contributed by atoms with van der Waals surface area (Å²) in [6.45, 7) is 8.30. The number of benzene rings is 1. The van der Waals surface area contributed by atoms with Gasteiger partial charge in [0.05, 0.1) is 18.1 Å². The summed E-state index contributed by atoms with van der Waals surface area (Å²) in [7, 11) is 0. The van der Waals surface area contributed by atoms with Crippen molar-refractivity contribution in [3.8, 4) is 0 Å². The smallest absolute Gasteiger partial charge is 0.322 e. The molecule has 0 fully saturated rings. The third-order valence-corrected chi connectivity index (χ3v) is 4.89. The van der Waals surface area contributed by atoms with Crippen LogP contribution in [0.2, 0.25) is 0 Å². The minimum Gasteiger partial charge on any atom is -0.398 e. The lowest BCUT2D eigenvalue weighted by Crippen LogP contribution is -2.46. The molecule has 0 aliphatic carbocycles. The molecule has 1 aromatic heterocycles. The van der Waals surface area contributed by atoms with Gasteiger partial charge in [0.25, 0.3) is 0 Å². The van der Waals surface area contributed by atoms with E-state index in [9.17, 15) is 4.79 Å². The lowest BCUT2D eigenvalue weighted by atomic mass is 9.96.